The fraction of sp³-hybridized carbons (Fsp3) is 0.552. The number of amides is 1. The smallest absolute Gasteiger partial charge is 0.410 e. The van der Waals surface area contributed by atoms with Crippen LogP contribution in [-0.2, 0) is 17.8 Å². The van der Waals surface area contributed by atoms with E-state index >= 15 is 0 Å². The third-order valence-corrected chi connectivity index (χ3v) is 7.26. The van der Waals surface area contributed by atoms with E-state index in [1.807, 2.05) is 35.2 Å². The maximum atomic E-state index is 13.3. The molecule has 34 heavy (non-hydrogen) atoms. The number of aryl methyl sites for hydroxylation is 1. The molecule has 2 aromatic rings. The fourth-order valence-electron chi connectivity index (χ4n) is 5.33. The lowest BCUT2D eigenvalue weighted by atomic mass is 9.86. The zero-order valence-corrected chi connectivity index (χ0v) is 21.0. The van der Waals surface area contributed by atoms with E-state index in [2.05, 4.69) is 41.8 Å². The van der Waals surface area contributed by atoms with E-state index in [-0.39, 0.29) is 12.1 Å². The van der Waals surface area contributed by atoms with Gasteiger partial charge in [-0.25, -0.2) is 4.79 Å². The van der Waals surface area contributed by atoms with Crippen LogP contribution in [0.5, 0.6) is 0 Å². The first-order chi connectivity index (χ1) is 16.7. The summed E-state index contributed by atoms with van der Waals surface area (Å²) in [4.78, 5) is 20.4. The highest BCUT2D eigenvalue weighted by Gasteiger charge is 2.31. The zero-order chi connectivity index (χ0) is 23.8. The van der Waals surface area contributed by atoms with Gasteiger partial charge < -0.3 is 14.5 Å². The highest BCUT2D eigenvalue weighted by molar-refractivity contribution is 5.69. The van der Waals surface area contributed by atoms with Crippen LogP contribution in [0.1, 0.15) is 68.7 Å². The summed E-state index contributed by atoms with van der Waals surface area (Å²) in [5.74, 6) is 0. The minimum Gasteiger partial charge on any atom is -0.445 e. The first-order valence-corrected chi connectivity index (χ1v) is 13.3. The summed E-state index contributed by atoms with van der Waals surface area (Å²) in [6.45, 7) is 11.1. The van der Waals surface area contributed by atoms with E-state index in [9.17, 15) is 4.79 Å². The Morgan fingerprint density at radius 3 is 2.56 bits per heavy atom. The van der Waals surface area contributed by atoms with Crippen molar-refractivity contribution in [3.63, 3.8) is 0 Å². The molecule has 1 aliphatic carbocycles. The Labute approximate surface area is 205 Å². The van der Waals surface area contributed by atoms with E-state index < -0.39 is 0 Å². The van der Waals surface area contributed by atoms with Gasteiger partial charge in [-0.15, -0.1) is 0 Å². The molecule has 0 bridgehead atoms. The average molecular weight is 464 g/mol. The van der Waals surface area contributed by atoms with E-state index in [1.54, 1.807) is 0 Å². The van der Waals surface area contributed by atoms with Gasteiger partial charge in [0.2, 0.25) is 0 Å². The number of nitrogens with zero attached hydrogens (tertiary/aromatic N) is 3. The SMILES string of the molecule is CCCCN(C(=O)OCc1ccccc1)C1CCCc2ccc(N3CCN(CCC)CC3)cc21. The maximum Gasteiger partial charge on any atom is 0.410 e. The molecule has 0 saturated carbocycles. The third-order valence-electron chi connectivity index (χ3n) is 7.26. The number of carbonyl (C=O) groups excluding carboxylic acids is 1. The summed E-state index contributed by atoms with van der Waals surface area (Å²) in [5.41, 5.74) is 5.05. The van der Waals surface area contributed by atoms with Crippen LogP contribution in [0.15, 0.2) is 48.5 Å². The quantitative estimate of drug-likeness (QED) is 0.455. The normalized spacial score (nSPS) is 18.4. The predicted octanol–water partition coefficient (Wildman–Crippen LogP) is 6.03. The van der Waals surface area contributed by atoms with Gasteiger partial charge in [0.05, 0.1) is 6.04 Å². The topological polar surface area (TPSA) is 36.0 Å². The Kier molecular flexibility index (Phi) is 8.86. The van der Waals surface area contributed by atoms with Gasteiger partial charge in [0.15, 0.2) is 0 Å². The molecule has 5 nitrogen and oxygen atoms in total. The molecule has 0 radical (unpaired) electrons. The monoisotopic (exact) mass is 463 g/mol. The molecule has 1 saturated heterocycles. The van der Waals surface area contributed by atoms with Crippen molar-refractivity contribution in [2.45, 2.75) is 65.0 Å². The number of hydrogen-bond acceptors (Lipinski definition) is 4. The Hall–Kier alpha value is -2.53. The molecule has 2 aromatic carbocycles. The number of anilines is 1. The van der Waals surface area contributed by atoms with Gasteiger partial charge in [0.25, 0.3) is 0 Å². The van der Waals surface area contributed by atoms with Crippen LogP contribution in [0.3, 0.4) is 0 Å². The van der Waals surface area contributed by atoms with Crippen LogP contribution >= 0.6 is 0 Å². The van der Waals surface area contributed by atoms with Crippen LogP contribution in [0.2, 0.25) is 0 Å². The van der Waals surface area contributed by atoms with E-state index in [1.165, 1.54) is 29.8 Å². The molecule has 2 aliphatic rings. The van der Waals surface area contributed by atoms with Crippen molar-refractivity contribution < 1.29 is 9.53 Å². The molecule has 1 heterocycles. The molecule has 0 N–H and O–H groups in total. The van der Waals surface area contributed by atoms with Crippen molar-refractivity contribution in [2.24, 2.45) is 0 Å². The largest absolute Gasteiger partial charge is 0.445 e. The second-order valence-corrected chi connectivity index (χ2v) is 9.71. The minimum absolute atomic E-state index is 0.0971. The fourth-order valence-corrected chi connectivity index (χ4v) is 5.33. The molecular formula is C29H41N3O2. The van der Waals surface area contributed by atoms with Gasteiger partial charge in [0, 0.05) is 38.4 Å². The Balaban J connectivity index is 1.50. The summed E-state index contributed by atoms with van der Waals surface area (Å²) < 4.78 is 5.81. The van der Waals surface area contributed by atoms with Crippen molar-refractivity contribution in [1.29, 1.82) is 0 Å². The number of benzene rings is 2. The minimum atomic E-state index is -0.186. The second-order valence-electron chi connectivity index (χ2n) is 9.71. The first-order valence-electron chi connectivity index (χ1n) is 13.3. The molecule has 0 spiro atoms. The summed E-state index contributed by atoms with van der Waals surface area (Å²) in [5, 5.41) is 0. The van der Waals surface area contributed by atoms with Gasteiger partial charge in [-0.1, -0.05) is 56.7 Å². The molecule has 1 fully saturated rings. The lowest BCUT2D eigenvalue weighted by molar-refractivity contribution is 0.0756. The molecule has 1 aliphatic heterocycles. The molecule has 1 atom stereocenters. The molecule has 1 unspecified atom stereocenters. The number of fused-ring (bicyclic) bond motifs is 1. The van der Waals surface area contributed by atoms with Crippen LogP contribution < -0.4 is 4.90 Å². The average Bonchev–Trinajstić information content (AvgIpc) is 2.89. The first kappa shape index (κ1) is 24.6. The number of hydrogen-bond donors (Lipinski definition) is 0. The van der Waals surface area contributed by atoms with E-state index in [4.69, 9.17) is 4.74 Å². The lowest BCUT2D eigenvalue weighted by Crippen LogP contribution is -2.46. The summed E-state index contributed by atoms with van der Waals surface area (Å²) in [6.07, 6.45) is 6.29. The second kappa shape index (κ2) is 12.3. The molecule has 4 rings (SSSR count). The van der Waals surface area contributed by atoms with E-state index in [0.29, 0.717) is 6.61 Å². The number of rotatable bonds is 9. The lowest BCUT2D eigenvalue weighted by Gasteiger charge is -2.38. The van der Waals surface area contributed by atoms with Crippen molar-refractivity contribution in [1.82, 2.24) is 9.80 Å². The van der Waals surface area contributed by atoms with Gasteiger partial charge in [-0.2, -0.15) is 0 Å². The molecule has 1 amide bonds. The van der Waals surface area contributed by atoms with Gasteiger partial charge >= 0.3 is 6.09 Å². The number of piperazine rings is 1. The van der Waals surface area contributed by atoms with Crippen LogP contribution in [0, 0.1) is 0 Å². The standard InChI is InChI=1S/C29H41N3O2/c1-3-5-17-32(29(33)34-23-24-10-7-6-8-11-24)28-13-9-12-25-14-15-26(22-27(25)28)31-20-18-30(16-4-2)19-21-31/h6-8,10-11,14-15,22,28H,3-5,9,12-13,16-21,23H2,1-2H3. The predicted molar refractivity (Wildman–Crippen MR) is 139 cm³/mol. The Morgan fingerprint density at radius 1 is 1.03 bits per heavy atom. The maximum absolute atomic E-state index is 13.3. The van der Waals surface area contributed by atoms with Crippen molar-refractivity contribution in [3.05, 3.63) is 65.2 Å². The van der Waals surface area contributed by atoms with Crippen LogP contribution in [-0.4, -0.2) is 55.2 Å². The number of carbonyl (C=O) groups is 1. The van der Waals surface area contributed by atoms with Gasteiger partial charge in [-0.3, -0.25) is 4.90 Å². The van der Waals surface area contributed by atoms with Gasteiger partial charge in [-0.05, 0) is 67.5 Å². The summed E-state index contributed by atoms with van der Waals surface area (Å²) in [6, 6.07) is 17.0. The zero-order valence-electron chi connectivity index (χ0n) is 21.0. The van der Waals surface area contributed by atoms with E-state index in [0.717, 1.165) is 70.4 Å². The molecular weight excluding hydrogens is 422 g/mol. The van der Waals surface area contributed by atoms with Crippen molar-refractivity contribution in [3.8, 4) is 0 Å². The Morgan fingerprint density at radius 2 is 1.82 bits per heavy atom. The highest BCUT2D eigenvalue weighted by atomic mass is 16.6. The van der Waals surface area contributed by atoms with Crippen LogP contribution in [0.4, 0.5) is 10.5 Å². The van der Waals surface area contributed by atoms with Crippen molar-refractivity contribution >= 4 is 11.8 Å². The Bertz CT molecular complexity index is 909. The molecule has 0 aromatic heterocycles. The number of ether oxygens (including phenoxy) is 1. The summed E-state index contributed by atoms with van der Waals surface area (Å²) in [7, 11) is 0. The highest BCUT2D eigenvalue weighted by Crippen LogP contribution is 2.37. The van der Waals surface area contributed by atoms with Crippen LogP contribution in [0.25, 0.3) is 0 Å². The van der Waals surface area contributed by atoms with Gasteiger partial charge in [0.1, 0.15) is 6.61 Å². The third kappa shape index (κ3) is 6.12. The summed E-state index contributed by atoms with van der Waals surface area (Å²) >= 11 is 0. The molecule has 5 heteroatoms. The van der Waals surface area contributed by atoms with Crippen molar-refractivity contribution in [2.75, 3.05) is 44.2 Å². The molecule has 184 valence electrons. The number of unbranched alkanes of at least 4 members (excludes halogenated alkanes) is 1.